The van der Waals surface area contributed by atoms with E-state index in [1.807, 2.05) is 6.07 Å². The second-order valence-electron chi connectivity index (χ2n) is 7.64. The van der Waals surface area contributed by atoms with Gasteiger partial charge >= 0.3 is 0 Å². The summed E-state index contributed by atoms with van der Waals surface area (Å²) in [7, 11) is 1.70. The Bertz CT molecular complexity index is 942. The zero-order valence-corrected chi connectivity index (χ0v) is 16.5. The number of benzene rings is 2. The number of nitrogens with zero attached hydrogens (tertiary/aromatic N) is 1. The Morgan fingerprint density at radius 3 is 2.68 bits per heavy atom. The Morgan fingerprint density at radius 1 is 1.14 bits per heavy atom. The number of amides is 1. The van der Waals surface area contributed by atoms with Gasteiger partial charge in [0.25, 0.3) is 0 Å². The summed E-state index contributed by atoms with van der Waals surface area (Å²) in [6.07, 6.45) is 7.34. The van der Waals surface area contributed by atoms with Gasteiger partial charge in [-0.15, -0.1) is 0 Å². The molecule has 0 spiro atoms. The molecular formula is C24H28N2O2. The van der Waals surface area contributed by atoms with E-state index in [0.29, 0.717) is 6.54 Å². The minimum absolute atomic E-state index is 0.219. The summed E-state index contributed by atoms with van der Waals surface area (Å²) >= 11 is 0. The highest BCUT2D eigenvalue weighted by atomic mass is 16.5. The molecule has 1 aliphatic carbocycles. The van der Waals surface area contributed by atoms with Gasteiger partial charge in [0.15, 0.2) is 0 Å². The second kappa shape index (κ2) is 8.51. The third-order valence-corrected chi connectivity index (χ3v) is 5.82. The molecular weight excluding hydrogens is 348 g/mol. The Morgan fingerprint density at radius 2 is 1.96 bits per heavy atom. The lowest BCUT2D eigenvalue weighted by molar-refractivity contribution is -0.127. The van der Waals surface area contributed by atoms with Crippen LogP contribution in [-0.4, -0.2) is 24.1 Å². The Kier molecular flexibility index (Phi) is 5.65. The maximum atomic E-state index is 12.1. The first-order valence-corrected chi connectivity index (χ1v) is 10.2. The molecule has 0 aliphatic heterocycles. The lowest BCUT2D eigenvalue weighted by Crippen LogP contribution is -2.35. The highest BCUT2D eigenvalue weighted by Gasteiger charge is 2.24. The minimum Gasteiger partial charge on any atom is -0.497 e. The lowest BCUT2D eigenvalue weighted by atomic mass is 9.85. The summed E-state index contributed by atoms with van der Waals surface area (Å²) < 4.78 is 7.76. The van der Waals surface area contributed by atoms with Crippen molar-refractivity contribution in [1.82, 2.24) is 9.88 Å². The molecule has 4 heteroatoms. The van der Waals surface area contributed by atoms with Crippen molar-refractivity contribution in [2.75, 3.05) is 13.7 Å². The van der Waals surface area contributed by atoms with E-state index < -0.39 is 0 Å². The third kappa shape index (κ3) is 4.06. The number of fused-ring (bicyclic) bond motifs is 1. The van der Waals surface area contributed by atoms with E-state index in [2.05, 4.69) is 58.5 Å². The van der Waals surface area contributed by atoms with Crippen molar-refractivity contribution in [2.45, 2.75) is 38.6 Å². The van der Waals surface area contributed by atoms with Gasteiger partial charge in [0.1, 0.15) is 5.75 Å². The number of carbonyl (C=O) groups is 1. The molecule has 1 fully saturated rings. The van der Waals surface area contributed by atoms with Gasteiger partial charge in [0.05, 0.1) is 7.11 Å². The molecule has 3 aromatic rings. The van der Waals surface area contributed by atoms with Gasteiger partial charge in [-0.1, -0.05) is 36.8 Å². The van der Waals surface area contributed by atoms with Crippen LogP contribution in [0.15, 0.2) is 54.7 Å². The van der Waals surface area contributed by atoms with Gasteiger partial charge in [-0.05, 0) is 55.0 Å². The first kappa shape index (κ1) is 18.6. The SMILES string of the molecule is COc1ccc2c(c1)c(CCNC(=O)C1CCC1)cn2CCc1ccccc1. The van der Waals surface area contributed by atoms with E-state index >= 15 is 0 Å². The maximum absolute atomic E-state index is 12.1. The summed E-state index contributed by atoms with van der Waals surface area (Å²) in [6.45, 7) is 1.62. The predicted octanol–water partition coefficient (Wildman–Crippen LogP) is 4.35. The van der Waals surface area contributed by atoms with Gasteiger partial charge in [0.2, 0.25) is 5.91 Å². The number of nitrogens with one attached hydrogen (secondary N) is 1. The van der Waals surface area contributed by atoms with E-state index in [9.17, 15) is 4.79 Å². The molecule has 0 atom stereocenters. The molecule has 1 heterocycles. The zero-order chi connectivity index (χ0) is 19.3. The summed E-state index contributed by atoms with van der Waals surface area (Å²) in [5.74, 6) is 1.33. The van der Waals surface area contributed by atoms with E-state index in [1.54, 1.807) is 7.11 Å². The van der Waals surface area contributed by atoms with Crippen molar-refractivity contribution in [3.8, 4) is 5.75 Å². The van der Waals surface area contributed by atoms with Crippen LogP contribution in [0.1, 0.15) is 30.4 Å². The summed E-state index contributed by atoms with van der Waals surface area (Å²) in [4.78, 5) is 12.1. The molecule has 0 radical (unpaired) electrons. The van der Waals surface area contributed by atoms with Crippen LogP contribution in [-0.2, 0) is 24.2 Å². The molecule has 146 valence electrons. The van der Waals surface area contributed by atoms with Crippen LogP contribution < -0.4 is 10.1 Å². The first-order valence-electron chi connectivity index (χ1n) is 10.2. The van der Waals surface area contributed by atoms with Gasteiger partial charge < -0.3 is 14.6 Å². The van der Waals surface area contributed by atoms with Crippen LogP contribution in [0.5, 0.6) is 5.75 Å². The fourth-order valence-electron chi connectivity index (χ4n) is 3.89. The van der Waals surface area contributed by atoms with Gasteiger partial charge in [-0.2, -0.15) is 0 Å². The van der Waals surface area contributed by atoms with Crippen molar-refractivity contribution in [1.29, 1.82) is 0 Å². The molecule has 1 amide bonds. The van der Waals surface area contributed by atoms with Crippen molar-refractivity contribution in [2.24, 2.45) is 5.92 Å². The van der Waals surface area contributed by atoms with Crippen LogP contribution in [0.3, 0.4) is 0 Å². The largest absolute Gasteiger partial charge is 0.497 e. The van der Waals surface area contributed by atoms with E-state index in [1.165, 1.54) is 28.5 Å². The number of carbonyl (C=O) groups excluding carboxylic acids is 1. The van der Waals surface area contributed by atoms with E-state index in [0.717, 1.165) is 38.0 Å². The minimum atomic E-state index is 0.219. The van der Waals surface area contributed by atoms with Crippen LogP contribution in [0, 0.1) is 5.92 Å². The van der Waals surface area contributed by atoms with Crippen LogP contribution in [0.4, 0.5) is 0 Å². The summed E-state index contributed by atoms with van der Waals surface area (Å²) in [5.41, 5.74) is 3.82. The van der Waals surface area contributed by atoms with Crippen LogP contribution in [0.25, 0.3) is 10.9 Å². The van der Waals surface area contributed by atoms with E-state index in [-0.39, 0.29) is 11.8 Å². The molecule has 0 unspecified atom stereocenters. The number of hydrogen-bond acceptors (Lipinski definition) is 2. The Balaban J connectivity index is 1.50. The molecule has 1 saturated carbocycles. The lowest BCUT2D eigenvalue weighted by Gasteiger charge is -2.23. The van der Waals surface area contributed by atoms with Crippen molar-refractivity contribution >= 4 is 16.8 Å². The molecule has 1 aliphatic rings. The van der Waals surface area contributed by atoms with Gasteiger partial charge in [0, 0.05) is 36.1 Å². The van der Waals surface area contributed by atoms with Crippen molar-refractivity contribution in [3.63, 3.8) is 0 Å². The second-order valence-corrected chi connectivity index (χ2v) is 7.64. The van der Waals surface area contributed by atoms with Crippen LogP contribution in [0.2, 0.25) is 0 Å². The van der Waals surface area contributed by atoms with Crippen LogP contribution >= 0.6 is 0 Å². The van der Waals surface area contributed by atoms with Crippen molar-refractivity contribution < 1.29 is 9.53 Å². The molecule has 2 aromatic carbocycles. The number of aromatic nitrogens is 1. The fourth-order valence-corrected chi connectivity index (χ4v) is 3.89. The van der Waals surface area contributed by atoms with Crippen molar-refractivity contribution in [3.05, 3.63) is 65.9 Å². The Hall–Kier alpha value is -2.75. The fraction of sp³-hybridized carbons (Fsp3) is 0.375. The molecule has 0 bridgehead atoms. The topological polar surface area (TPSA) is 43.3 Å². The maximum Gasteiger partial charge on any atom is 0.223 e. The standard InChI is InChI=1S/C24H28N2O2/c1-28-21-10-11-23-22(16-21)20(12-14-25-24(27)19-8-5-9-19)17-26(23)15-13-18-6-3-2-4-7-18/h2-4,6-7,10-11,16-17,19H,5,8-9,12-15H2,1H3,(H,25,27). The number of aryl methyl sites for hydroxylation is 2. The average Bonchev–Trinajstić information content (AvgIpc) is 3.03. The number of ether oxygens (including phenoxy) is 1. The number of hydrogen-bond donors (Lipinski definition) is 1. The third-order valence-electron chi connectivity index (χ3n) is 5.82. The smallest absolute Gasteiger partial charge is 0.223 e. The molecule has 0 saturated heterocycles. The quantitative estimate of drug-likeness (QED) is 0.635. The zero-order valence-electron chi connectivity index (χ0n) is 16.5. The van der Waals surface area contributed by atoms with E-state index in [4.69, 9.17) is 4.74 Å². The first-order chi connectivity index (χ1) is 13.7. The number of methoxy groups -OCH3 is 1. The molecule has 1 N–H and O–H groups in total. The molecule has 4 nitrogen and oxygen atoms in total. The highest BCUT2D eigenvalue weighted by molar-refractivity contribution is 5.85. The highest BCUT2D eigenvalue weighted by Crippen LogP contribution is 2.28. The Labute approximate surface area is 166 Å². The average molecular weight is 377 g/mol. The number of rotatable bonds is 8. The molecule has 28 heavy (non-hydrogen) atoms. The monoisotopic (exact) mass is 376 g/mol. The predicted molar refractivity (Wildman–Crippen MR) is 113 cm³/mol. The summed E-state index contributed by atoms with van der Waals surface area (Å²) in [5, 5.41) is 4.33. The van der Waals surface area contributed by atoms with Gasteiger partial charge in [-0.25, -0.2) is 0 Å². The normalized spacial score (nSPS) is 14.0. The van der Waals surface area contributed by atoms with Gasteiger partial charge in [-0.3, -0.25) is 4.79 Å². The summed E-state index contributed by atoms with van der Waals surface area (Å²) in [6, 6.07) is 16.8. The molecule has 4 rings (SSSR count). The molecule has 1 aromatic heterocycles.